The summed E-state index contributed by atoms with van der Waals surface area (Å²) in [7, 11) is -2.02. The molecule has 2 aromatic heterocycles. The van der Waals surface area contributed by atoms with Crippen LogP contribution < -0.4 is 0 Å². The standard InChI is InChI=1S/C29H34N2O2Si/c1-29(2,3)34(4,5)33-26(28-31-21-27(32-28)25-17-19-30-20-18-25)16-13-22-11-14-24(15-12-22)23-9-7-6-8-10-23/h6-12,14-15,17-21,26H,13,16H2,1-5H3. The molecule has 0 fully saturated rings. The third-order valence-electron chi connectivity index (χ3n) is 6.76. The normalized spacial score (nSPS) is 13.1. The average molecular weight is 471 g/mol. The van der Waals surface area contributed by atoms with E-state index in [4.69, 9.17) is 8.84 Å². The molecule has 0 aliphatic heterocycles. The Bertz CT molecular complexity index is 1180. The Balaban J connectivity index is 1.53. The highest BCUT2D eigenvalue weighted by Crippen LogP contribution is 2.41. The number of oxazole rings is 1. The third-order valence-corrected chi connectivity index (χ3v) is 11.2. The number of pyridine rings is 1. The summed E-state index contributed by atoms with van der Waals surface area (Å²) in [5.41, 5.74) is 4.71. The lowest BCUT2D eigenvalue weighted by Gasteiger charge is -2.38. The summed E-state index contributed by atoms with van der Waals surface area (Å²) in [6.07, 6.45) is 6.83. The fraction of sp³-hybridized carbons (Fsp3) is 0.310. The zero-order valence-corrected chi connectivity index (χ0v) is 21.8. The minimum Gasteiger partial charge on any atom is -0.438 e. The largest absolute Gasteiger partial charge is 0.438 e. The van der Waals surface area contributed by atoms with E-state index in [1.54, 1.807) is 18.6 Å². The first-order chi connectivity index (χ1) is 16.2. The van der Waals surface area contributed by atoms with E-state index in [0.29, 0.717) is 5.89 Å². The monoisotopic (exact) mass is 470 g/mol. The molecule has 34 heavy (non-hydrogen) atoms. The van der Waals surface area contributed by atoms with E-state index in [-0.39, 0.29) is 11.1 Å². The molecule has 1 unspecified atom stereocenters. The Morgan fingerprint density at radius 2 is 1.50 bits per heavy atom. The molecule has 0 amide bonds. The third kappa shape index (κ3) is 5.72. The molecule has 1 atom stereocenters. The van der Waals surface area contributed by atoms with E-state index in [2.05, 4.69) is 92.4 Å². The van der Waals surface area contributed by atoms with Crippen LogP contribution in [0.1, 0.15) is 44.8 Å². The van der Waals surface area contributed by atoms with Crippen molar-refractivity contribution in [1.82, 2.24) is 9.97 Å². The molecule has 2 heterocycles. The molecule has 0 aliphatic carbocycles. The molecule has 4 aromatic rings. The molecule has 2 aromatic carbocycles. The van der Waals surface area contributed by atoms with Crippen molar-refractivity contribution in [2.45, 2.75) is 57.8 Å². The van der Waals surface area contributed by atoms with Crippen LogP contribution >= 0.6 is 0 Å². The van der Waals surface area contributed by atoms with Crippen molar-refractivity contribution in [3.63, 3.8) is 0 Å². The van der Waals surface area contributed by atoms with Crippen LogP contribution in [0.15, 0.2) is 89.7 Å². The van der Waals surface area contributed by atoms with E-state index in [0.717, 1.165) is 24.2 Å². The van der Waals surface area contributed by atoms with Crippen molar-refractivity contribution in [3.8, 4) is 22.5 Å². The first-order valence-corrected chi connectivity index (χ1v) is 14.8. The predicted molar refractivity (Wildman–Crippen MR) is 141 cm³/mol. The van der Waals surface area contributed by atoms with E-state index >= 15 is 0 Å². The van der Waals surface area contributed by atoms with Crippen LogP contribution in [0.2, 0.25) is 18.1 Å². The summed E-state index contributed by atoms with van der Waals surface area (Å²) < 4.78 is 13.0. The van der Waals surface area contributed by atoms with Gasteiger partial charge in [-0.25, -0.2) is 4.98 Å². The van der Waals surface area contributed by atoms with Gasteiger partial charge in [-0.1, -0.05) is 75.4 Å². The van der Waals surface area contributed by atoms with Gasteiger partial charge in [0.2, 0.25) is 5.89 Å². The molecule has 0 radical (unpaired) electrons. The molecular formula is C29H34N2O2Si. The molecule has 0 saturated carbocycles. The van der Waals surface area contributed by atoms with Crippen LogP contribution in [-0.2, 0) is 10.8 Å². The van der Waals surface area contributed by atoms with Gasteiger partial charge in [0.05, 0.1) is 6.20 Å². The lowest BCUT2D eigenvalue weighted by atomic mass is 10.0. The van der Waals surface area contributed by atoms with Gasteiger partial charge in [0.1, 0.15) is 6.10 Å². The van der Waals surface area contributed by atoms with E-state index in [9.17, 15) is 0 Å². The van der Waals surface area contributed by atoms with Crippen LogP contribution in [-0.4, -0.2) is 18.3 Å². The molecule has 0 bridgehead atoms. The zero-order chi connectivity index (χ0) is 24.2. The molecule has 176 valence electrons. The molecule has 4 rings (SSSR count). The number of aromatic nitrogens is 2. The maximum absolute atomic E-state index is 6.82. The fourth-order valence-corrected chi connectivity index (χ4v) is 4.93. The zero-order valence-electron chi connectivity index (χ0n) is 20.8. The Morgan fingerprint density at radius 1 is 0.853 bits per heavy atom. The van der Waals surface area contributed by atoms with Gasteiger partial charge in [-0.05, 0) is 59.8 Å². The van der Waals surface area contributed by atoms with Crippen LogP contribution in [0.5, 0.6) is 0 Å². The Kier molecular flexibility index (Phi) is 7.15. The molecule has 0 aliphatic rings. The molecule has 4 nitrogen and oxygen atoms in total. The van der Waals surface area contributed by atoms with Gasteiger partial charge in [0.15, 0.2) is 14.1 Å². The number of nitrogens with zero attached hydrogens (tertiary/aromatic N) is 2. The summed E-state index contributed by atoms with van der Waals surface area (Å²) in [5.74, 6) is 1.39. The first-order valence-electron chi connectivity index (χ1n) is 11.9. The van der Waals surface area contributed by atoms with Gasteiger partial charge in [0.25, 0.3) is 0 Å². The van der Waals surface area contributed by atoms with Crippen LogP contribution in [0.3, 0.4) is 0 Å². The van der Waals surface area contributed by atoms with Gasteiger partial charge < -0.3 is 8.84 Å². The summed E-state index contributed by atoms with van der Waals surface area (Å²) in [4.78, 5) is 8.73. The summed E-state index contributed by atoms with van der Waals surface area (Å²) in [6, 6.07) is 23.1. The summed E-state index contributed by atoms with van der Waals surface area (Å²) in [5, 5.41) is 0.100. The van der Waals surface area contributed by atoms with E-state index in [1.165, 1.54) is 16.7 Å². The molecular weight excluding hydrogens is 436 g/mol. The lowest BCUT2D eigenvalue weighted by Crippen LogP contribution is -2.42. The van der Waals surface area contributed by atoms with Crippen molar-refractivity contribution >= 4 is 8.32 Å². The van der Waals surface area contributed by atoms with Crippen molar-refractivity contribution < 1.29 is 8.84 Å². The van der Waals surface area contributed by atoms with Crippen molar-refractivity contribution in [3.05, 3.63) is 96.8 Å². The van der Waals surface area contributed by atoms with E-state index < -0.39 is 8.32 Å². The van der Waals surface area contributed by atoms with Gasteiger partial charge in [-0.3, -0.25) is 4.98 Å². The predicted octanol–water partition coefficient (Wildman–Crippen LogP) is 8.10. The maximum atomic E-state index is 6.82. The minimum absolute atomic E-state index is 0.100. The van der Waals surface area contributed by atoms with E-state index in [1.807, 2.05) is 18.2 Å². The highest BCUT2D eigenvalue weighted by Gasteiger charge is 2.40. The van der Waals surface area contributed by atoms with Crippen LogP contribution in [0.4, 0.5) is 0 Å². The Hall–Kier alpha value is -3.02. The highest BCUT2D eigenvalue weighted by atomic mass is 28.4. The van der Waals surface area contributed by atoms with Gasteiger partial charge >= 0.3 is 0 Å². The van der Waals surface area contributed by atoms with Crippen LogP contribution in [0, 0.1) is 0 Å². The Morgan fingerprint density at radius 3 is 2.15 bits per heavy atom. The average Bonchev–Trinajstić information content (AvgIpc) is 3.33. The van der Waals surface area contributed by atoms with Crippen LogP contribution in [0.25, 0.3) is 22.5 Å². The van der Waals surface area contributed by atoms with Crippen molar-refractivity contribution in [2.75, 3.05) is 0 Å². The molecule has 0 saturated heterocycles. The summed E-state index contributed by atoms with van der Waals surface area (Å²) in [6.45, 7) is 11.3. The molecule has 0 spiro atoms. The number of aryl methyl sites for hydroxylation is 1. The number of hydrogen-bond acceptors (Lipinski definition) is 4. The quantitative estimate of drug-likeness (QED) is 0.244. The van der Waals surface area contributed by atoms with Gasteiger partial charge in [0, 0.05) is 18.0 Å². The minimum atomic E-state index is -2.02. The number of benzene rings is 2. The topological polar surface area (TPSA) is 48.2 Å². The Labute approximate surface area is 204 Å². The maximum Gasteiger partial charge on any atom is 0.222 e. The number of hydrogen-bond donors (Lipinski definition) is 0. The smallest absolute Gasteiger partial charge is 0.222 e. The van der Waals surface area contributed by atoms with Gasteiger partial charge in [-0.15, -0.1) is 0 Å². The SMILES string of the molecule is CC(C)(C)[Si](C)(C)OC(CCc1ccc(-c2ccccc2)cc1)c1ncc(-c2ccncc2)o1. The van der Waals surface area contributed by atoms with Crippen molar-refractivity contribution in [2.24, 2.45) is 0 Å². The number of rotatable bonds is 8. The second-order valence-corrected chi connectivity index (χ2v) is 15.0. The second-order valence-electron chi connectivity index (χ2n) is 10.3. The lowest BCUT2D eigenvalue weighted by molar-refractivity contribution is 0.143. The molecule has 5 heteroatoms. The van der Waals surface area contributed by atoms with Gasteiger partial charge in [-0.2, -0.15) is 0 Å². The molecule has 0 N–H and O–H groups in total. The summed E-state index contributed by atoms with van der Waals surface area (Å²) >= 11 is 0. The highest BCUT2D eigenvalue weighted by molar-refractivity contribution is 6.74. The van der Waals surface area contributed by atoms with Crippen molar-refractivity contribution in [1.29, 1.82) is 0 Å². The second kappa shape index (κ2) is 10.1. The first kappa shape index (κ1) is 24.1. The fourth-order valence-electron chi connectivity index (χ4n) is 3.64.